The van der Waals surface area contributed by atoms with Crippen molar-refractivity contribution in [2.24, 2.45) is 0 Å². The van der Waals surface area contributed by atoms with Crippen LogP contribution in [0.1, 0.15) is 35.3 Å². The van der Waals surface area contributed by atoms with Crippen molar-refractivity contribution in [3.05, 3.63) is 57.1 Å². The maximum atomic E-state index is 13.4. The summed E-state index contributed by atoms with van der Waals surface area (Å²) >= 11 is 13.9. The second kappa shape index (κ2) is 9.43. The van der Waals surface area contributed by atoms with E-state index in [9.17, 15) is 4.79 Å². The monoisotopic (exact) mass is 449 g/mol. The van der Waals surface area contributed by atoms with E-state index >= 15 is 0 Å². The lowest BCUT2D eigenvalue weighted by molar-refractivity contribution is 0.0984. The Morgan fingerprint density at radius 2 is 1.79 bits per heavy atom. The fourth-order valence-corrected chi connectivity index (χ4v) is 4.88. The van der Waals surface area contributed by atoms with Crippen molar-refractivity contribution in [2.75, 3.05) is 31.1 Å². The summed E-state index contributed by atoms with van der Waals surface area (Å²) in [5, 5.41) is 1.55. The summed E-state index contributed by atoms with van der Waals surface area (Å²) in [5.41, 5.74) is 3.69. The molecule has 1 heterocycles. The lowest BCUT2D eigenvalue weighted by Crippen LogP contribution is -2.39. The molecule has 0 aliphatic rings. The van der Waals surface area contributed by atoms with E-state index in [4.69, 9.17) is 28.2 Å². The van der Waals surface area contributed by atoms with Gasteiger partial charge in [0.15, 0.2) is 5.13 Å². The van der Waals surface area contributed by atoms with E-state index < -0.39 is 0 Å². The number of amides is 1. The maximum absolute atomic E-state index is 13.4. The van der Waals surface area contributed by atoms with Crippen molar-refractivity contribution in [2.45, 2.75) is 27.7 Å². The van der Waals surface area contributed by atoms with Crippen LogP contribution < -0.4 is 4.90 Å². The molecule has 0 spiro atoms. The smallest absolute Gasteiger partial charge is 0.261 e. The molecule has 0 aliphatic carbocycles. The van der Waals surface area contributed by atoms with Crippen molar-refractivity contribution in [1.29, 1.82) is 0 Å². The standard InChI is InChI=1S/C22H25Cl2N3OS/c1-5-26(6-2)9-10-27(21(28)17-8-7-16(23)13-18(17)24)22-25-19-12-14(3)11-15(4)20(19)29-22/h7-8,11-13H,5-6,9-10H2,1-4H3. The Labute approximate surface area is 186 Å². The second-order valence-electron chi connectivity index (χ2n) is 7.03. The summed E-state index contributed by atoms with van der Waals surface area (Å²) in [4.78, 5) is 22.3. The molecule has 0 unspecified atom stereocenters. The van der Waals surface area contributed by atoms with Crippen LogP contribution in [0, 0.1) is 13.8 Å². The molecule has 1 amide bonds. The minimum absolute atomic E-state index is 0.160. The lowest BCUT2D eigenvalue weighted by Gasteiger charge is -2.25. The number of carbonyl (C=O) groups excluding carboxylic acids is 1. The van der Waals surface area contributed by atoms with Gasteiger partial charge in [-0.3, -0.25) is 9.69 Å². The Bertz CT molecular complexity index is 1030. The number of aromatic nitrogens is 1. The van der Waals surface area contributed by atoms with E-state index in [0.29, 0.717) is 27.3 Å². The number of aryl methyl sites for hydroxylation is 2. The third kappa shape index (κ3) is 4.92. The van der Waals surface area contributed by atoms with E-state index in [1.54, 1.807) is 34.4 Å². The number of nitrogens with zero attached hydrogens (tertiary/aromatic N) is 3. The van der Waals surface area contributed by atoms with Crippen molar-refractivity contribution < 1.29 is 4.79 Å². The average molecular weight is 450 g/mol. The second-order valence-corrected chi connectivity index (χ2v) is 8.86. The number of fused-ring (bicyclic) bond motifs is 1. The van der Waals surface area contributed by atoms with Gasteiger partial charge >= 0.3 is 0 Å². The van der Waals surface area contributed by atoms with E-state index in [2.05, 4.69) is 44.7 Å². The van der Waals surface area contributed by atoms with Gasteiger partial charge in [-0.05, 0) is 62.3 Å². The first-order valence-electron chi connectivity index (χ1n) is 9.71. The molecule has 0 radical (unpaired) electrons. The zero-order chi connectivity index (χ0) is 21.1. The summed E-state index contributed by atoms with van der Waals surface area (Å²) in [5.74, 6) is -0.160. The van der Waals surface area contributed by atoms with E-state index in [0.717, 1.165) is 35.4 Å². The Morgan fingerprint density at radius 3 is 2.45 bits per heavy atom. The van der Waals surface area contributed by atoms with Crippen LogP contribution in [0.3, 0.4) is 0 Å². The van der Waals surface area contributed by atoms with Crippen molar-refractivity contribution in [1.82, 2.24) is 9.88 Å². The topological polar surface area (TPSA) is 36.4 Å². The fraction of sp³-hybridized carbons (Fsp3) is 0.364. The molecule has 2 aromatic carbocycles. The minimum atomic E-state index is -0.160. The highest BCUT2D eigenvalue weighted by Gasteiger charge is 2.24. The van der Waals surface area contributed by atoms with Crippen LogP contribution in [-0.2, 0) is 0 Å². The number of likely N-dealkylation sites (N-methyl/N-ethyl adjacent to an activating group) is 1. The predicted molar refractivity (Wildman–Crippen MR) is 125 cm³/mol. The van der Waals surface area contributed by atoms with Crippen LogP contribution in [-0.4, -0.2) is 42.0 Å². The molecule has 1 aromatic heterocycles. The third-order valence-corrected chi connectivity index (χ3v) is 6.76. The molecule has 0 saturated heterocycles. The van der Waals surface area contributed by atoms with Gasteiger partial charge in [0.1, 0.15) is 0 Å². The van der Waals surface area contributed by atoms with E-state index in [1.165, 1.54) is 5.56 Å². The van der Waals surface area contributed by atoms with Gasteiger partial charge in [-0.2, -0.15) is 0 Å². The SMILES string of the molecule is CCN(CC)CCN(C(=O)c1ccc(Cl)cc1Cl)c1nc2cc(C)cc(C)c2s1. The molecule has 0 aliphatic heterocycles. The van der Waals surface area contributed by atoms with Crippen LogP contribution in [0.15, 0.2) is 30.3 Å². The molecular weight excluding hydrogens is 425 g/mol. The van der Waals surface area contributed by atoms with Crippen molar-refractivity contribution in [3.63, 3.8) is 0 Å². The number of carbonyl (C=O) groups is 1. The van der Waals surface area contributed by atoms with Gasteiger partial charge in [-0.1, -0.05) is 54.5 Å². The molecule has 0 saturated carbocycles. The highest BCUT2D eigenvalue weighted by Crippen LogP contribution is 2.33. The summed E-state index contributed by atoms with van der Waals surface area (Å²) < 4.78 is 1.11. The molecule has 154 valence electrons. The summed E-state index contributed by atoms with van der Waals surface area (Å²) in [6.45, 7) is 11.5. The van der Waals surface area contributed by atoms with Gasteiger partial charge < -0.3 is 4.90 Å². The van der Waals surface area contributed by atoms with E-state index in [1.807, 2.05) is 0 Å². The van der Waals surface area contributed by atoms with Gasteiger partial charge in [0.2, 0.25) is 0 Å². The average Bonchev–Trinajstić information content (AvgIpc) is 3.09. The van der Waals surface area contributed by atoms with Crippen LogP contribution in [0.25, 0.3) is 10.2 Å². The van der Waals surface area contributed by atoms with Gasteiger partial charge in [-0.25, -0.2) is 4.98 Å². The number of hydrogen-bond donors (Lipinski definition) is 0. The fourth-order valence-electron chi connectivity index (χ4n) is 3.35. The van der Waals surface area contributed by atoms with Crippen LogP contribution in [0.5, 0.6) is 0 Å². The molecule has 0 N–H and O–H groups in total. The molecular formula is C22H25Cl2N3OS. The first-order chi connectivity index (χ1) is 13.8. The zero-order valence-electron chi connectivity index (χ0n) is 17.1. The number of anilines is 1. The quantitative estimate of drug-likeness (QED) is 0.430. The van der Waals surface area contributed by atoms with Crippen LogP contribution in [0.2, 0.25) is 10.0 Å². The first-order valence-corrected chi connectivity index (χ1v) is 11.3. The molecule has 29 heavy (non-hydrogen) atoms. The van der Waals surface area contributed by atoms with Crippen LogP contribution in [0.4, 0.5) is 5.13 Å². The van der Waals surface area contributed by atoms with E-state index in [-0.39, 0.29) is 5.91 Å². The molecule has 0 bridgehead atoms. The highest BCUT2D eigenvalue weighted by molar-refractivity contribution is 7.22. The lowest BCUT2D eigenvalue weighted by atomic mass is 10.1. The summed E-state index contributed by atoms with van der Waals surface area (Å²) in [6.07, 6.45) is 0. The highest BCUT2D eigenvalue weighted by atomic mass is 35.5. The molecule has 4 nitrogen and oxygen atoms in total. The summed E-state index contributed by atoms with van der Waals surface area (Å²) in [7, 11) is 0. The number of hydrogen-bond acceptors (Lipinski definition) is 4. The number of thiazole rings is 1. The Morgan fingerprint density at radius 1 is 1.07 bits per heavy atom. The summed E-state index contributed by atoms with van der Waals surface area (Å²) in [6, 6.07) is 9.17. The number of halogens is 2. The maximum Gasteiger partial charge on any atom is 0.261 e. The molecule has 0 atom stereocenters. The van der Waals surface area contributed by atoms with Crippen molar-refractivity contribution >= 4 is 55.8 Å². The normalized spacial score (nSPS) is 11.4. The minimum Gasteiger partial charge on any atom is -0.302 e. The van der Waals surface area contributed by atoms with Gasteiger partial charge in [0, 0.05) is 18.1 Å². The molecule has 7 heteroatoms. The van der Waals surface area contributed by atoms with Crippen LogP contribution >= 0.6 is 34.5 Å². The zero-order valence-corrected chi connectivity index (χ0v) is 19.5. The molecule has 0 fully saturated rings. The largest absolute Gasteiger partial charge is 0.302 e. The molecule has 3 aromatic rings. The van der Waals surface area contributed by atoms with Gasteiger partial charge in [0.25, 0.3) is 5.91 Å². The number of rotatable bonds is 7. The Balaban J connectivity index is 2.02. The number of benzene rings is 2. The molecule has 3 rings (SSSR count). The Kier molecular flexibility index (Phi) is 7.17. The van der Waals surface area contributed by atoms with Crippen molar-refractivity contribution in [3.8, 4) is 0 Å². The van der Waals surface area contributed by atoms with Gasteiger partial charge in [-0.15, -0.1) is 0 Å². The Hall–Kier alpha value is -1.66. The first kappa shape index (κ1) is 22.0. The van der Waals surface area contributed by atoms with Gasteiger partial charge in [0.05, 0.1) is 20.8 Å². The third-order valence-electron chi connectivity index (χ3n) is 4.98. The predicted octanol–water partition coefficient (Wildman–Crippen LogP) is 6.21.